The van der Waals surface area contributed by atoms with Gasteiger partial charge in [0.15, 0.2) is 0 Å². The van der Waals surface area contributed by atoms with Crippen molar-refractivity contribution in [2.24, 2.45) is 0 Å². The number of aliphatic hydroxyl groups excluding tert-OH is 1. The molecule has 0 aliphatic heterocycles. The molecule has 3 atom stereocenters. The zero-order valence-electron chi connectivity index (χ0n) is 15.4. The predicted octanol–water partition coefficient (Wildman–Crippen LogP) is 2.75. The van der Waals surface area contributed by atoms with Crippen molar-refractivity contribution in [2.75, 3.05) is 11.9 Å². The second-order valence-corrected chi connectivity index (χ2v) is 6.23. The highest BCUT2D eigenvalue weighted by Gasteiger charge is 2.30. The van der Waals surface area contributed by atoms with Gasteiger partial charge in [-0.05, 0) is 49.8 Å². The fourth-order valence-corrected chi connectivity index (χ4v) is 3.15. The lowest BCUT2D eigenvalue weighted by Crippen LogP contribution is -2.50. The maximum absolute atomic E-state index is 12.4. The first-order valence-electron chi connectivity index (χ1n) is 8.60. The van der Waals surface area contributed by atoms with Crippen LogP contribution in [0.1, 0.15) is 57.1 Å². The van der Waals surface area contributed by atoms with E-state index in [0.29, 0.717) is 12.3 Å². The van der Waals surface area contributed by atoms with Gasteiger partial charge in [0.25, 0.3) is 0 Å². The van der Waals surface area contributed by atoms with Crippen LogP contribution in [0, 0.1) is 6.92 Å². The van der Waals surface area contributed by atoms with Gasteiger partial charge in [-0.2, -0.15) is 0 Å². The van der Waals surface area contributed by atoms with Gasteiger partial charge in [-0.3, -0.25) is 4.79 Å². The number of hydrogen-bond acceptors (Lipinski definition) is 4. The van der Waals surface area contributed by atoms with Gasteiger partial charge in [0, 0.05) is 19.2 Å². The number of likely N-dealkylation sites (N-methyl/N-ethyl adjacent to an activating group) is 1. The summed E-state index contributed by atoms with van der Waals surface area (Å²) in [5, 5.41) is 13.1. The van der Waals surface area contributed by atoms with Crippen LogP contribution in [0.3, 0.4) is 0 Å². The van der Waals surface area contributed by atoms with Gasteiger partial charge in [-0.25, -0.2) is 0 Å². The van der Waals surface area contributed by atoms with Crippen LogP contribution in [-0.4, -0.2) is 36.6 Å². The first-order valence-corrected chi connectivity index (χ1v) is 8.60. The highest BCUT2D eigenvalue weighted by atomic mass is 16.3. The van der Waals surface area contributed by atoms with E-state index >= 15 is 0 Å². The van der Waals surface area contributed by atoms with E-state index in [1.807, 2.05) is 25.1 Å². The van der Waals surface area contributed by atoms with E-state index in [-0.39, 0.29) is 12.3 Å². The lowest BCUT2D eigenvalue weighted by Gasteiger charge is -2.37. The molecule has 0 radical (unpaired) electrons. The summed E-state index contributed by atoms with van der Waals surface area (Å²) < 4.78 is 0. The molecule has 0 saturated carbocycles. The normalized spacial score (nSPS) is 14.6. The average Bonchev–Trinajstić information content (AvgIpc) is 2.56. The minimum atomic E-state index is -0.844. The summed E-state index contributed by atoms with van der Waals surface area (Å²) >= 11 is 0. The van der Waals surface area contributed by atoms with Crippen molar-refractivity contribution in [3.63, 3.8) is 0 Å². The molecule has 134 valence electrons. The topological polar surface area (TPSA) is 69.6 Å². The smallest absolute Gasteiger partial charge is 0.242 e. The number of carbonyl (C=O) groups is 2. The Morgan fingerprint density at radius 1 is 1.38 bits per heavy atom. The second-order valence-electron chi connectivity index (χ2n) is 6.23. The minimum absolute atomic E-state index is 0.200. The number of nitrogens with zero attached hydrogens (tertiary/aromatic N) is 1. The molecule has 0 bridgehead atoms. The zero-order chi connectivity index (χ0) is 18.3. The molecule has 5 heteroatoms. The third kappa shape index (κ3) is 4.57. The van der Waals surface area contributed by atoms with Crippen molar-refractivity contribution in [3.05, 3.63) is 29.3 Å². The standard InChI is InChI=1S/C19H30N2O3/c1-6-13(2)18-14(3)9-7-10-16(18)21(15(4)23)17(11-8-12-22)19(24)20-5/h7,9-10,12-13,15,17,23H,6,8,11H2,1-5H3,(H,20,24). The van der Waals surface area contributed by atoms with Crippen LogP contribution < -0.4 is 10.2 Å². The van der Waals surface area contributed by atoms with E-state index in [4.69, 9.17) is 0 Å². The van der Waals surface area contributed by atoms with Gasteiger partial charge in [0.05, 0.1) is 0 Å². The first kappa shape index (κ1) is 20.2. The molecule has 0 spiro atoms. The van der Waals surface area contributed by atoms with E-state index in [2.05, 4.69) is 19.2 Å². The summed E-state index contributed by atoms with van der Waals surface area (Å²) in [5.41, 5.74) is 3.14. The highest BCUT2D eigenvalue weighted by Crippen LogP contribution is 2.35. The Morgan fingerprint density at radius 3 is 2.54 bits per heavy atom. The molecule has 1 aromatic carbocycles. The van der Waals surface area contributed by atoms with E-state index in [0.717, 1.165) is 29.5 Å². The summed E-state index contributed by atoms with van der Waals surface area (Å²) in [6.45, 7) is 7.97. The summed E-state index contributed by atoms with van der Waals surface area (Å²) in [5.74, 6) is 0.105. The molecule has 24 heavy (non-hydrogen) atoms. The Bertz CT molecular complexity index is 558. The SMILES string of the molecule is CCC(C)c1c(C)cccc1N(C(C)O)C(CCC=O)C(=O)NC. The third-order valence-electron chi connectivity index (χ3n) is 4.53. The fourth-order valence-electron chi connectivity index (χ4n) is 3.15. The number of nitrogens with one attached hydrogen (secondary N) is 1. The lowest BCUT2D eigenvalue weighted by atomic mass is 9.91. The van der Waals surface area contributed by atoms with Crippen molar-refractivity contribution in [3.8, 4) is 0 Å². The molecule has 0 aliphatic carbocycles. The van der Waals surface area contributed by atoms with Crippen LogP contribution >= 0.6 is 0 Å². The Morgan fingerprint density at radius 2 is 2.04 bits per heavy atom. The van der Waals surface area contributed by atoms with Gasteiger partial charge in [-0.1, -0.05) is 26.0 Å². The Balaban J connectivity index is 3.45. The molecule has 3 unspecified atom stereocenters. The number of carbonyl (C=O) groups excluding carboxylic acids is 2. The molecule has 1 rings (SSSR count). The fraction of sp³-hybridized carbons (Fsp3) is 0.579. The number of amides is 1. The van der Waals surface area contributed by atoms with Crippen molar-refractivity contribution in [1.29, 1.82) is 0 Å². The van der Waals surface area contributed by atoms with Gasteiger partial charge >= 0.3 is 0 Å². The summed E-state index contributed by atoms with van der Waals surface area (Å²) in [4.78, 5) is 24.9. The Labute approximate surface area is 145 Å². The number of aryl methyl sites for hydroxylation is 1. The van der Waals surface area contributed by atoms with E-state index in [9.17, 15) is 14.7 Å². The maximum Gasteiger partial charge on any atom is 0.242 e. The number of rotatable bonds is 9. The molecule has 0 aliphatic rings. The highest BCUT2D eigenvalue weighted by molar-refractivity contribution is 5.86. The molecule has 2 N–H and O–H groups in total. The molecular formula is C19H30N2O3. The number of hydrogen-bond donors (Lipinski definition) is 2. The van der Waals surface area contributed by atoms with Crippen LogP contribution in [0.2, 0.25) is 0 Å². The summed E-state index contributed by atoms with van der Waals surface area (Å²) in [6, 6.07) is 5.33. The second kappa shape index (κ2) is 9.42. The predicted molar refractivity (Wildman–Crippen MR) is 97.2 cm³/mol. The Kier molecular flexibility index (Phi) is 7.92. The van der Waals surface area contributed by atoms with E-state index < -0.39 is 12.3 Å². The monoisotopic (exact) mass is 334 g/mol. The third-order valence-corrected chi connectivity index (χ3v) is 4.53. The molecule has 1 amide bonds. The lowest BCUT2D eigenvalue weighted by molar-refractivity contribution is -0.122. The molecule has 0 heterocycles. The quantitative estimate of drug-likeness (QED) is 0.538. The van der Waals surface area contributed by atoms with Crippen molar-refractivity contribution in [2.45, 2.75) is 65.1 Å². The van der Waals surface area contributed by atoms with E-state index in [1.165, 1.54) is 0 Å². The Hall–Kier alpha value is -1.88. The van der Waals surface area contributed by atoms with E-state index in [1.54, 1.807) is 18.9 Å². The van der Waals surface area contributed by atoms with Gasteiger partial charge < -0.3 is 20.1 Å². The molecule has 0 saturated heterocycles. The number of aliphatic hydroxyl groups is 1. The van der Waals surface area contributed by atoms with Crippen molar-refractivity contribution < 1.29 is 14.7 Å². The number of aldehydes is 1. The molecular weight excluding hydrogens is 304 g/mol. The van der Waals surface area contributed by atoms with Crippen LogP contribution in [0.5, 0.6) is 0 Å². The van der Waals surface area contributed by atoms with Gasteiger partial charge in [-0.15, -0.1) is 0 Å². The minimum Gasteiger partial charge on any atom is -0.374 e. The summed E-state index contributed by atoms with van der Waals surface area (Å²) in [7, 11) is 1.57. The molecule has 1 aromatic rings. The molecule has 0 fully saturated rings. The van der Waals surface area contributed by atoms with Gasteiger partial charge in [0.1, 0.15) is 18.6 Å². The molecule has 0 aromatic heterocycles. The number of anilines is 1. The number of benzene rings is 1. The zero-order valence-corrected chi connectivity index (χ0v) is 15.4. The van der Waals surface area contributed by atoms with Crippen LogP contribution in [0.4, 0.5) is 5.69 Å². The first-order chi connectivity index (χ1) is 11.4. The van der Waals surface area contributed by atoms with Crippen LogP contribution in [-0.2, 0) is 9.59 Å². The average molecular weight is 334 g/mol. The van der Waals surface area contributed by atoms with Gasteiger partial charge in [0.2, 0.25) is 5.91 Å². The summed E-state index contributed by atoms with van der Waals surface area (Å²) in [6.07, 6.45) is 1.56. The molecule has 5 nitrogen and oxygen atoms in total. The maximum atomic E-state index is 12.4. The van der Waals surface area contributed by atoms with Crippen molar-refractivity contribution in [1.82, 2.24) is 5.32 Å². The van der Waals surface area contributed by atoms with Crippen LogP contribution in [0.15, 0.2) is 18.2 Å². The largest absolute Gasteiger partial charge is 0.374 e. The van der Waals surface area contributed by atoms with Crippen molar-refractivity contribution >= 4 is 17.9 Å². The van der Waals surface area contributed by atoms with Crippen LogP contribution in [0.25, 0.3) is 0 Å².